The van der Waals surface area contributed by atoms with Crippen LogP contribution in [-0.2, 0) is 11.2 Å². The lowest BCUT2D eigenvalue weighted by molar-refractivity contribution is -0.115. The van der Waals surface area contributed by atoms with Gasteiger partial charge in [-0.15, -0.1) is 0 Å². The number of halogens is 2. The van der Waals surface area contributed by atoms with Crippen LogP contribution in [0.5, 0.6) is 0 Å². The van der Waals surface area contributed by atoms with Crippen LogP contribution >= 0.6 is 11.6 Å². The number of hydrogen-bond acceptors (Lipinski definition) is 2. The van der Waals surface area contributed by atoms with Crippen molar-refractivity contribution >= 4 is 29.0 Å². The fraction of sp³-hybridized carbons (Fsp3) is 0.125. The number of carbonyl (C=O) groups is 2. The third-order valence-corrected chi connectivity index (χ3v) is 3.81. The SMILES string of the molecule is Cc1cc(F)ccc1C(=O)c1cc2c(cc1Cl)NC(=O)C2. The first kappa shape index (κ1) is 13.8. The molecule has 1 N–H and O–H groups in total. The van der Waals surface area contributed by atoms with Crippen LogP contribution in [-0.4, -0.2) is 11.7 Å². The molecule has 0 fully saturated rings. The summed E-state index contributed by atoms with van der Waals surface area (Å²) in [6.45, 7) is 1.67. The highest BCUT2D eigenvalue weighted by Gasteiger charge is 2.23. The number of nitrogens with one attached hydrogen (secondary N) is 1. The second kappa shape index (κ2) is 4.97. The van der Waals surface area contributed by atoms with E-state index >= 15 is 0 Å². The summed E-state index contributed by atoms with van der Waals surface area (Å²) < 4.78 is 13.1. The third-order valence-electron chi connectivity index (χ3n) is 3.50. The molecule has 1 amide bonds. The first-order valence-electron chi connectivity index (χ1n) is 6.39. The number of aryl methyl sites for hydroxylation is 1. The van der Waals surface area contributed by atoms with E-state index in [0.717, 1.165) is 5.56 Å². The number of ketones is 1. The number of fused-ring (bicyclic) bond motifs is 1. The number of carbonyl (C=O) groups excluding carboxylic acids is 2. The molecule has 106 valence electrons. The Morgan fingerprint density at radius 2 is 2.00 bits per heavy atom. The highest BCUT2D eigenvalue weighted by molar-refractivity contribution is 6.35. The van der Waals surface area contributed by atoms with E-state index in [0.29, 0.717) is 22.4 Å². The largest absolute Gasteiger partial charge is 0.325 e. The summed E-state index contributed by atoms with van der Waals surface area (Å²) in [7, 11) is 0. The molecule has 0 radical (unpaired) electrons. The topological polar surface area (TPSA) is 46.2 Å². The first-order valence-corrected chi connectivity index (χ1v) is 6.76. The Bertz CT molecular complexity index is 786. The lowest BCUT2D eigenvalue weighted by atomic mass is 9.97. The Hall–Kier alpha value is -2.20. The predicted molar refractivity (Wildman–Crippen MR) is 78.4 cm³/mol. The van der Waals surface area contributed by atoms with Crippen LogP contribution in [0.1, 0.15) is 27.0 Å². The zero-order chi connectivity index (χ0) is 15.1. The van der Waals surface area contributed by atoms with Gasteiger partial charge in [0.1, 0.15) is 5.82 Å². The van der Waals surface area contributed by atoms with E-state index in [1.54, 1.807) is 19.1 Å². The molecular formula is C16H11ClFNO2. The average molecular weight is 304 g/mol. The smallest absolute Gasteiger partial charge is 0.228 e. The van der Waals surface area contributed by atoms with Crippen LogP contribution in [0.25, 0.3) is 0 Å². The van der Waals surface area contributed by atoms with E-state index in [-0.39, 0.29) is 29.0 Å². The van der Waals surface area contributed by atoms with Gasteiger partial charge >= 0.3 is 0 Å². The second-order valence-corrected chi connectivity index (χ2v) is 5.41. The number of benzene rings is 2. The van der Waals surface area contributed by atoms with Crippen molar-refractivity contribution < 1.29 is 14.0 Å². The molecule has 2 aromatic carbocycles. The number of anilines is 1. The van der Waals surface area contributed by atoms with Gasteiger partial charge in [-0.25, -0.2) is 4.39 Å². The molecule has 2 aromatic rings. The first-order chi connectivity index (χ1) is 9.95. The number of amides is 1. The minimum atomic E-state index is -0.390. The molecule has 0 spiro atoms. The Balaban J connectivity index is 2.06. The quantitative estimate of drug-likeness (QED) is 0.863. The van der Waals surface area contributed by atoms with Gasteiger partial charge in [0, 0.05) is 16.8 Å². The van der Waals surface area contributed by atoms with Gasteiger partial charge < -0.3 is 5.32 Å². The van der Waals surface area contributed by atoms with Crippen molar-refractivity contribution in [3.05, 3.63) is 63.4 Å². The molecule has 0 saturated heterocycles. The molecular weight excluding hydrogens is 293 g/mol. The van der Waals surface area contributed by atoms with E-state index in [1.165, 1.54) is 18.2 Å². The lowest BCUT2D eigenvalue weighted by Gasteiger charge is -2.09. The Morgan fingerprint density at radius 1 is 1.24 bits per heavy atom. The van der Waals surface area contributed by atoms with Crippen LogP contribution in [0.2, 0.25) is 5.02 Å². The fourth-order valence-corrected chi connectivity index (χ4v) is 2.70. The molecule has 1 aliphatic rings. The van der Waals surface area contributed by atoms with Crippen molar-refractivity contribution in [3.8, 4) is 0 Å². The maximum absolute atomic E-state index is 13.1. The van der Waals surface area contributed by atoms with Crippen molar-refractivity contribution in [1.29, 1.82) is 0 Å². The molecule has 1 aliphatic heterocycles. The van der Waals surface area contributed by atoms with Crippen molar-refractivity contribution in [1.82, 2.24) is 0 Å². The van der Waals surface area contributed by atoms with Crippen LogP contribution in [0.3, 0.4) is 0 Å². The molecule has 0 aliphatic carbocycles. The highest BCUT2D eigenvalue weighted by atomic mass is 35.5. The minimum absolute atomic E-state index is 0.122. The average Bonchev–Trinajstić information content (AvgIpc) is 2.76. The van der Waals surface area contributed by atoms with Gasteiger partial charge in [-0.2, -0.15) is 0 Å². The van der Waals surface area contributed by atoms with Crippen LogP contribution in [0.15, 0.2) is 30.3 Å². The van der Waals surface area contributed by atoms with Crippen LogP contribution in [0, 0.1) is 12.7 Å². The molecule has 5 heteroatoms. The summed E-state index contributed by atoms with van der Waals surface area (Å²) in [4.78, 5) is 23.9. The minimum Gasteiger partial charge on any atom is -0.325 e. The van der Waals surface area contributed by atoms with Crippen molar-refractivity contribution in [2.75, 3.05) is 5.32 Å². The van der Waals surface area contributed by atoms with Crippen molar-refractivity contribution in [2.45, 2.75) is 13.3 Å². The maximum Gasteiger partial charge on any atom is 0.228 e. The standard InChI is InChI=1S/C16H11ClFNO2/c1-8-4-10(18)2-3-11(8)16(21)12-5-9-6-15(20)19-14(9)7-13(12)17/h2-5,7H,6H2,1H3,(H,19,20). The summed E-state index contributed by atoms with van der Waals surface area (Å²) in [5.41, 5.74) is 2.65. The Morgan fingerprint density at radius 3 is 2.71 bits per heavy atom. The highest BCUT2D eigenvalue weighted by Crippen LogP contribution is 2.31. The Labute approximate surface area is 125 Å². The van der Waals surface area contributed by atoms with E-state index in [4.69, 9.17) is 11.6 Å². The molecule has 0 atom stereocenters. The maximum atomic E-state index is 13.1. The zero-order valence-corrected chi connectivity index (χ0v) is 11.9. The molecule has 0 bridgehead atoms. The summed E-state index contributed by atoms with van der Waals surface area (Å²) in [6.07, 6.45) is 0.231. The van der Waals surface area contributed by atoms with Gasteiger partial charge in [-0.3, -0.25) is 9.59 Å². The molecule has 1 heterocycles. The van der Waals surface area contributed by atoms with Gasteiger partial charge in [0.05, 0.1) is 11.4 Å². The summed E-state index contributed by atoms with van der Waals surface area (Å²) >= 11 is 6.14. The lowest BCUT2D eigenvalue weighted by Crippen LogP contribution is -2.05. The summed E-state index contributed by atoms with van der Waals surface area (Å²) in [5.74, 6) is -0.790. The third kappa shape index (κ3) is 2.43. The van der Waals surface area contributed by atoms with Crippen molar-refractivity contribution in [3.63, 3.8) is 0 Å². The summed E-state index contributed by atoms with van der Waals surface area (Å²) in [6, 6.07) is 7.20. The number of rotatable bonds is 2. The molecule has 0 aromatic heterocycles. The van der Waals surface area contributed by atoms with Gasteiger partial charge in [-0.05, 0) is 48.4 Å². The zero-order valence-electron chi connectivity index (χ0n) is 11.2. The predicted octanol–water partition coefficient (Wildman–Crippen LogP) is 3.51. The van der Waals surface area contributed by atoms with Crippen LogP contribution in [0.4, 0.5) is 10.1 Å². The second-order valence-electron chi connectivity index (χ2n) is 5.00. The molecule has 3 rings (SSSR count). The molecule has 21 heavy (non-hydrogen) atoms. The Kier molecular flexibility index (Phi) is 3.26. The van der Waals surface area contributed by atoms with E-state index < -0.39 is 0 Å². The van der Waals surface area contributed by atoms with E-state index in [9.17, 15) is 14.0 Å². The molecule has 0 unspecified atom stereocenters. The van der Waals surface area contributed by atoms with Gasteiger partial charge in [0.2, 0.25) is 5.91 Å². The normalized spacial score (nSPS) is 13.0. The molecule has 0 saturated carbocycles. The van der Waals surface area contributed by atoms with Gasteiger partial charge in [-0.1, -0.05) is 11.6 Å². The van der Waals surface area contributed by atoms with Crippen molar-refractivity contribution in [2.24, 2.45) is 0 Å². The fourth-order valence-electron chi connectivity index (χ4n) is 2.45. The molecule has 3 nitrogen and oxygen atoms in total. The monoisotopic (exact) mass is 303 g/mol. The number of hydrogen-bond donors (Lipinski definition) is 1. The summed E-state index contributed by atoms with van der Waals surface area (Å²) in [5, 5.41) is 2.95. The van der Waals surface area contributed by atoms with Gasteiger partial charge in [0.15, 0.2) is 5.78 Å². The van der Waals surface area contributed by atoms with Crippen LogP contribution < -0.4 is 5.32 Å². The van der Waals surface area contributed by atoms with Gasteiger partial charge in [0.25, 0.3) is 0 Å². The van der Waals surface area contributed by atoms with E-state index in [2.05, 4.69) is 5.32 Å². The van der Waals surface area contributed by atoms with E-state index in [1.807, 2.05) is 0 Å².